The van der Waals surface area contributed by atoms with E-state index in [4.69, 9.17) is 4.74 Å². The first kappa shape index (κ1) is 11.3. The number of esters is 1. The van der Waals surface area contributed by atoms with Crippen molar-refractivity contribution < 1.29 is 14.6 Å². The Labute approximate surface area is 102 Å². The summed E-state index contributed by atoms with van der Waals surface area (Å²) in [4.78, 5) is 11.7. The second-order valence-electron chi connectivity index (χ2n) is 6.99. The van der Waals surface area contributed by atoms with Gasteiger partial charge in [-0.05, 0) is 44.8 Å². The largest absolute Gasteiger partial charge is 0.461 e. The Morgan fingerprint density at radius 1 is 1.59 bits per heavy atom. The minimum Gasteiger partial charge on any atom is -0.461 e. The van der Waals surface area contributed by atoms with Gasteiger partial charge in [0.15, 0.2) is 0 Å². The quantitative estimate of drug-likeness (QED) is 0.588. The third kappa shape index (κ3) is 1.13. The fourth-order valence-electron chi connectivity index (χ4n) is 3.70. The Bertz CT molecular complexity index is 431. The molecule has 17 heavy (non-hydrogen) atoms. The SMILES string of the molecule is CC(C)(C)C(=O)OCC1=C[C@@]2(O)[C@@H]3C[C@H]1C32C. The molecule has 0 bridgehead atoms. The van der Waals surface area contributed by atoms with Gasteiger partial charge in [-0.1, -0.05) is 6.92 Å². The van der Waals surface area contributed by atoms with E-state index in [9.17, 15) is 9.90 Å². The van der Waals surface area contributed by atoms with E-state index in [1.54, 1.807) is 0 Å². The molecule has 0 aromatic heterocycles. The van der Waals surface area contributed by atoms with Crippen molar-refractivity contribution in [2.24, 2.45) is 22.7 Å². The van der Waals surface area contributed by atoms with E-state index in [2.05, 4.69) is 6.92 Å². The summed E-state index contributed by atoms with van der Waals surface area (Å²) in [5.41, 5.74) is 0.151. The number of rotatable bonds is 2. The fourth-order valence-corrected chi connectivity index (χ4v) is 3.70. The first-order chi connectivity index (χ1) is 7.71. The molecular weight excluding hydrogens is 216 g/mol. The zero-order valence-corrected chi connectivity index (χ0v) is 10.9. The maximum atomic E-state index is 11.7. The minimum atomic E-state index is -0.582. The van der Waals surface area contributed by atoms with Gasteiger partial charge in [0.1, 0.15) is 6.61 Å². The average molecular weight is 236 g/mol. The summed E-state index contributed by atoms with van der Waals surface area (Å²) in [5, 5.41) is 10.3. The minimum absolute atomic E-state index is 0.0659. The Morgan fingerprint density at radius 2 is 2.24 bits per heavy atom. The van der Waals surface area contributed by atoms with Crippen molar-refractivity contribution in [3.05, 3.63) is 11.6 Å². The van der Waals surface area contributed by atoms with Gasteiger partial charge in [-0.2, -0.15) is 0 Å². The van der Waals surface area contributed by atoms with Crippen LogP contribution >= 0.6 is 0 Å². The van der Waals surface area contributed by atoms with Crippen molar-refractivity contribution in [2.45, 2.75) is 39.7 Å². The van der Waals surface area contributed by atoms with Gasteiger partial charge in [-0.25, -0.2) is 0 Å². The van der Waals surface area contributed by atoms with Crippen LogP contribution in [-0.2, 0) is 9.53 Å². The first-order valence-electron chi connectivity index (χ1n) is 6.32. The highest BCUT2D eigenvalue weighted by molar-refractivity contribution is 5.75. The number of hydrogen-bond acceptors (Lipinski definition) is 3. The van der Waals surface area contributed by atoms with E-state index in [1.807, 2.05) is 26.8 Å². The first-order valence-corrected chi connectivity index (χ1v) is 6.32. The van der Waals surface area contributed by atoms with E-state index >= 15 is 0 Å². The Balaban J connectivity index is 1.64. The van der Waals surface area contributed by atoms with Gasteiger partial charge in [0.2, 0.25) is 0 Å². The molecule has 0 amide bonds. The molecule has 94 valence electrons. The zero-order chi connectivity index (χ0) is 12.6. The molecule has 3 nitrogen and oxygen atoms in total. The van der Waals surface area contributed by atoms with Gasteiger partial charge in [0.25, 0.3) is 0 Å². The van der Waals surface area contributed by atoms with Crippen molar-refractivity contribution >= 4 is 5.97 Å². The van der Waals surface area contributed by atoms with Gasteiger partial charge in [0, 0.05) is 11.3 Å². The molecule has 1 unspecified atom stereocenters. The number of hydrogen-bond donors (Lipinski definition) is 1. The monoisotopic (exact) mass is 236 g/mol. The Hall–Kier alpha value is -0.830. The summed E-state index contributed by atoms with van der Waals surface area (Å²) in [6.07, 6.45) is 3.01. The Kier molecular flexibility index (Phi) is 1.84. The lowest BCUT2D eigenvalue weighted by molar-refractivity contribution is -0.152. The van der Waals surface area contributed by atoms with E-state index in [-0.39, 0.29) is 11.4 Å². The van der Waals surface area contributed by atoms with E-state index in [1.165, 1.54) is 0 Å². The maximum Gasteiger partial charge on any atom is 0.311 e. The third-order valence-electron chi connectivity index (χ3n) is 5.07. The molecule has 0 aromatic carbocycles. The topological polar surface area (TPSA) is 46.5 Å². The van der Waals surface area contributed by atoms with Gasteiger partial charge in [-0.3, -0.25) is 4.79 Å². The van der Waals surface area contributed by atoms with Gasteiger partial charge in [0.05, 0.1) is 11.0 Å². The van der Waals surface area contributed by atoms with Crippen molar-refractivity contribution in [1.82, 2.24) is 0 Å². The molecule has 0 spiro atoms. The molecule has 0 radical (unpaired) electrons. The van der Waals surface area contributed by atoms with E-state index in [0.717, 1.165) is 12.0 Å². The summed E-state index contributed by atoms with van der Waals surface area (Å²) in [6, 6.07) is 0. The van der Waals surface area contributed by atoms with Crippen molar-refractivity contribution in [2.75, 3.05) is 6.61 Å². The van der Waals surface area contributed by atoms with Crippen LogP contribution in [0.5, 0.6) is 0 Å². The molecule has 2 fully saturated rings. The summed E-state index contributed by atoms with van der Waals surface area (Å²) < 4.78 is 5.33. The highest BCUT2D eigenvalue weighted by Gasteiger charge is 2.85. The molecule has 0 aromatic rings. The highest BCUT2D eigenvalue weighted by Crippen LogP contribution is 2.83. The molecule has 4 atom stereocenters. The molecule has 0 heterocycles. The van der Waals surface area contributed by atoms with Gasteiger partial charge < -0.3 is 9.84 Å². The van der Waals surface area contributed by atoms with Crippen molar-refractivity contribution in [3.63, 3.8) is 0 Å². The third-order valence-corrected chi connectivity index (χ3v) is 5.07. The predicted molar refractivity (Wildman–Crippen MR) is 63.2 cm³/mol. The molecule has 0 saturated heterocycles. The second-order valence-corrected chi connectivity index (χ2v) is 6.99. The van der Waals surface area contributed by atoms with Crippen molar-refractivity contribution in [1.29, 1.82) is 0 Å². The van der Waals surface area contributed by atoms with Crippen LogP contribution in [0.15, 0.2) is 11.6 Å². The number of fused-ring (bicyclic) bond motifs is 1. The van der Waals surface area contributed by atoms with Gasteiger partial charge >= 0.3 is 5.97 Å². The fraction of sp³-hybridized carbons (Fsp3) is 0.786. The maximum absolute atomic E-state index is 11.7. The van der Waals surface area contributed by atoms with Gasteiger partial charge in [-0.15, -0.1) is 0 Å². The molecule has 3 aliphatic carbocycles. The van der Waals surface area contributed by atoms with Crippen molar-refractivity contribution in [3.8, 4) is 0 Å². The number of carbonyl (C=O) groups excluding carboxylic acids is 1. The molecule has 0 aliphatic heterocycles. The average Bonchev–Trinajstić information content (AvgIpc) is 2.46. The van der Waals surface area contributed by atoms with Crippen LogP contribution in [0, 0.1) is 22.7 Å². The summed E-state index contributed by atoms with van der Waals surface area (Å²) in [5.74, 6) is 0.722. The standard InChI is InChI=1S/C14H20O3/c1-12(2,3)11(15)17-7-8-6-14(16)10-5-9(8)13(10,14)4/h6,9-10,16H,5,7H2,1-4H3/t9-,10-,13?,14-/m1/s1. The van der Waals surface area contributed by atoms with Crippen LogP contribution < -0.4 is 0 Å². The smallest absolute Gasteiger partial charge is 0.311 e. The number of aliphatic hydroxyl groups is 1. The highest BCUT2D eigenvalue weighted by atomic mass is 16.5. The molecule has 1 N–H and O–H groups in total. The number of ether oxygens (including phenoxy) is 1. The van der Waals surface area contributed by atoms with Crippen LogP contribution in [-0.4, -0.2) is 23.3 Å². The van der Waals surface area contributed by atoms with E-state index in [0.29, 0.717) is 18.4 Å². The lowest BCUT2D eigenvalue weighted by Crippen LogP contribution is -2.30. The van der Waals surface area contributed by atoms with Crippen LogP contribution in [0.25, 0.3) is 0 Å². The lowest BCUT2D eigenvalue weighted by atomic mass is 9.71. The lowest BCUT2D eigenvalue weighted by Gasteiger charge is -2.33. The predicted octanol–water partition coefficient (Wildman–Crippen LogP) is 1.90. The molecular formula is C14H20O3. The Morgan fingerprint density at radius 3 is 2.65 bits per heavy atom. The summed E-state index contributed by atoms with van der Waals surface area (Å²) in [6.45, 7) is 8.05. The second kappa shape index (κ2) is 2.77. The summed E-state index contributed by atoms with van der Waals surface area (Å²) in [7, 11) is 0. The van der Waals surface area contributed by atoms with Crippen LogP contribution in [0.4, 0.5) is 0 Å². The van der Waals surface area contributed by atoms with E-state index < -0.39 is 11.0 Å². The molecule has 3 aliphatic rings. The van der Waals surface area contributed by atoms with Crippen LogP contribution in [0.2, 0.25) is 0 Å². The van der Waals surface area contributed by atoms with Crippen LogP contribution in [0.3, 0.4) is 0 Å². The normalized spacial score (nSPS) is 45.8. The molecule has 2 saturated carbocycles. The molecule has 3 rings (SSSR count). The zero-order valence-electron chi connectivity index (χ0n) is 10.9. The van der Waals surface area contributed by atoms with Crippen LogP contribution in [0.1, 0.15) is 34.1 Å². The number of carbonyl (C=O) groups is 1. The molecule has 3 heteroatoms. The summed E-state index contributed by atoms with van der Waals surface area (Å²) >= 11 is 0.